The van der Waals surface area contributed by atoms with Crippen LogP contribution < -0.4 is 0 Å². The van der Waals surface area contributed by atoms with Crippen LogP contribution in [0.15, 0.2) is 18.2 Å². The summed E-state index contributed by atoms with van der Waals surface area (Å²) in [5, 5.41) is 0. The number of nitrogens with zero attached hydrogens (tertiary/aromatic N) is 2. The van der Waals surface area contributed by atoms with Crippen molar-refractivity contribution in [2.75, 3.05) is 5.88 Å². The number of aromatic nitrogens is 2. The molecule has 0 saturated heterocycles. The van der Waals surface area contributed by atoms with E-state index in [4.69, 9.17) is 16.6 Å². The molecule has 1 aromatic heterocycles. The number of imidazole rings is 1. The van der Waals surface area contributed by atoms with Crippen LogP contribution in [0.25, 0.3) is 11.0 Å². The number of hydrogen-bond acceptors (Lipinski definition) is 1. The zero-order chi connectivity index (χ0) is 12.4. The Balaban J connectivity index is 2.68. The third-order valence-electron chi connectivity index (χ3n) is 3.33. The zero-order valence-corrected chi connectivity index (χ0v) is 11.5. The molecule has 0 saturated carbocycles. The van der Waals surface area contributed by atoms with Gasteiger partial charge in [-0.1, -0.05) is 19.1 Å². The van der Waals surface area contributed by atoms with Crippen LogP contribution in [0.3, 0.4) is 0 Å². The molecule has 1 atom stereocenters. The molecule has 2 rings (SSSR count). The fraction of sp³-hybridized carbons (Fsp3) is 0.500. The van der Waals surface area contributed by atoms with E-state index in [-0.39, 0.29) is 0 Å². The van der Waals surface area contributed by atoms with E-state index in [1.165, 1.54) is 11.1 Å². The van der Waals surface area contributed by atoms with Crippen LogP contribution in [0, 0.1) is 6.92 Å². The normalized spacial score (nSPS) is 13.2. The number of aryl methyl sites for hydroxylation is 2. The standard InChI is InChI=1S/C14H19ClN2/c1-4-11(3)17-13(8-9-15)16-12-7-5-6-10(2)14(12)17/h5-7,11H,4,8-9H2,1-3H3. The summed E-state index contributed by atoms with van der Waals surface area (Å²) in [7, 11) is 0. The van der Waals surface area contributed by atoms with Crippen molar-refractivity contribution in [1.82, 2.24) is 9.55 Å². The summed E-state index contributed by atoms with van der Waals surface area (Å²) >= 11 is 5.87. The Morgan fingerprint density at radius 3 is 2.82 bits per heavy atom. The number of halogens is 1. The van der Waals surface area contributed by atoms with Crippen LogP contribution in [0.2, 0.25) is 0 Å². The Kier molecular flexibility index (Phi) is 3.72. The van der Waals surface area contributed by atoms with Gasteiger partial charge < -0.3 is 4.57 Å². The average molecular weight is 251 g/mol. The van der Waals surface area contributed by atoms with E-state index in [1.54, 1.807) is 0 Å². The van der Waals surface area contributed by atoms with E-state index in [0.29, 0.717) is 11.9 Å². The van der Waals surface area contributed by atoms with Gasteiger partial charge in [0.15, 0.2) is 0 Å². The third kappa shape index (κ3) is 2.19. The molecule has 1 unspecified atom stereocenters. The lowest BCUT2D eigenvalue weighted by Crippen LogP contribution is -2.09. The average Bonchev–Trinajstić information content (AvgIpc) is 2.68. The number of fused-ring (bicyclic) bond motifs is 1. The molecule has 3 heteroatoms. The predicted molar refractivity (Wildman–Crippen MR) is 73.9 cm³/mol. The second-order valence-corrected chi connectivity index (χ2v) is 4.91. The predicted octanol–water partition coefficient (Wildman–Crippen LogP) is 4.10. The minimum absolute atomic E-state index is 0.472. The number of benzene rings is 1. The topological polar surface area (TPSA) is 17.8 Å². The highest BCUT2D eigenvalue weighted by atomic mass is 35.5. The van der Waals surface area contributed by atoms with Crippen LogP contribution >= 0.6 is 11.6 Å². The van der Waals surface area contributed by atoms with E-state index in [2.05, 4.69) is 43.5 Å². The first-order valence-electron chi connectivity index (χ1n) is 6.21. The van der Waals surface area contributed by atoms with Crippen molar-refractivity contribution in [3.8, 4) is 0 Å². The van der Waals surface area contributed by atoms with Crippen LogP contribution in [0.5, 0.6) is 0 Å². The molecular formula is C14H19ClN2. The number of rotatable bonds is 4. The van der Waals surface area contributed by atoms with Crippen LogP contribution in [-0.4, -0.2) is 15.4 Å². The van der Waals surface area contributed by atoms with Gasteiger partial charge in [0.1, 0.15) is 5.82 Å². The van der Waals surface area contributed by atoms with Gasteiger partial charge >= 0.3 is 0 Å². The molecule has 0 bridgehead atoms. The highest BCUT2D eigenvalue weighted by Crippen LogP contribution is 2.26. The van der Waals surface area contributed by atoms with Gasteiger partial charge in [0, 0.05) is 18.3 Å². The lowest BCUT2D eigenvalue weighted by Gasteiger charge is -2.16. The van der Waals surface area contributed by atoms with Gasteiger partial charge in [-0.15, -0.1) is 11.6 Å². The van der Waals surface area contributed by atoms with E-state index in [0.717, 1.165) is 24.2 Å². The van der Waals surface area contributed by atoms with Crippen molar-refractivity contribution in [2.45, 2.75) is 39.7 Å². The number of hydrogen-bond donors (Lipinski definition) is 0. The quantitative estimate of drug-likeness (QED) is 0.747. The summed E-state index contributed by atoms with van der Waals surface area (Å²) in [5.41, 5.74) is 3.64. The van der Waals surface area contributed by atoms with Gasteiger partial charge in [0.2, 0.25) is 0 Å². The largest absolute Gasteiger partial charge is 0.325 e. The van der Waals surface area contributed by atoms with Crippen molar-refractivity contribution < 1.29 is 0 Å². The fourth-order valence-electron chi connectivity index (χ4n) is 2.29. The summed E-state index contributed by atoms with van der Waals surface area (Å²) in [4.78, 5) is 4.71. The molecule has 0 aliphatic heterocycles. The fourth-order valence-corrected chi connectivity index (χ4v) is 2.46. The zero-order valence-electron chi connectivity index (χ0n) is 10.7. The van der Waals surface area contributed by atoms with Crippen molar-refractivity contribution in [3.63, 3.8) is 0 Å². The lowest BCUT2D eigenvalue weighted by atomic mass is 10.2. The van der Waals surface area contributed by atoms with Crippen molar-refractivity contribution in [3.05, 3.63) is 29.6 Å². The summed E-state index contributed by atoms with van der Waals surface area (Å²) in [6.07, 6.45) is 1.94. The molecule has 2 aromatic rings. The Morgan fingerprint density at radius 2 is 2.18 bits per heavy atom. The summed E-state index contributed by atoms with van der Waals surface area (Å²) in [5.74, 6) is 1.73. The maximum Gasteiger partial charge on any atom is 0.111 e. The van der Waals surface area contributed by atoms with E-state index in [1.807, 2.05) is 0 Å². The number of alkyl halides is 1. The highest BCUT2D eigenvalue weighted by Gasteiger charge is 2.15. The second kappa shape index (κ2) is 5.09. The van der Waals surface area contributed by atoms with E-state index >= 15 is 0 Å². The van der Waals surface area contributed by atoms with Gasteiger partial charge in [-0.25, -0.2) is 4.98 Å². The molecule has 0 amide bonds. The van der Waals surface area contributed by atoms with Crippen LogP contribution in [0.4, 0.5) is 0 Å². The Hall–Kier alpha value is -1.02. The molecule has 2 nitrogen and oxygen atoms in total. The molecule has 0 radical (unpaired) electrons. The summed E-state index contributed by atoms with van der Waals surface area (Å²) in [6.45, 7) is 6.60. The summed E-state index contributed by atoms with van der Waals surface area (Å²) in [6, 6.07) is 6.77. The maximum absolute atomic E-state index is 5.87. The van der Waals surface area contributed by atoms with Gasteiger partial charge in [0.25, 0.3) is 0 Å². The van der Waals surface area contributed by atoms with Crippen molar-refractivity contribution >= 4 is 22.6 Å². The molecule has 1 heterocycles. The maximum atomic E-state index is 5.87. The molecule has 0 N–H and O–H groups in total. The first-order chi connectivity index (χ1) is 8.19. The first-order valence-corrected chi connectivity index (χ1v) is 6.74. The third-order valence-corrected chi connectivity index (χ3v) is 3.52. The molecule has 17 heavy (non-hydrogen) atoms. The Bertz CT molecular complexity index is 516. The lowest BCUT2D eigenvalue weighted by molar-refractivity contribution is 0.524. The van der Waals surface area contributed by atoms with Gasteiger partial charge in [-0.2, -0.15) is 0 Å². The van der Waals surface area contributed by atoms with Crippen LogP contribution in [-0.2, 0) is 6.42 Å². The molecule has 0 spiro atoms. The second-order valence-electron chi connectivity index (χ2n) is 4.54. The van der Waals surface area contributed by atoms with Crippen molar-refractivity contribution in [1.29, 1.82) is 0 Å². The Labute approximate surface area is 108 Å². The molecule has 1 aromatic carbocycles. The van der Waals surface area contributed by atoms with Gasteiger partial charge in [0.05, 0.1) is 11.0 Å². The van der Waals surface area contributed by atoms with Crippen molar-refractivity contribution in [2.24, 2.45) is 0 Å². The van der Waals surface area contributed by atoms with E-state index in [9.17, 15) is 0 Å². The monoisotopic (exact) mass is 250 g/mol. The first kappa shape index (κ1) is 12.4. The van der Waals surface area contributed by atoms with Gasteiger partial charge in [-0.3, -0.25) is 0 Å². The molecular weight excluding hydrogens is 232 g/mol. The molecule has 92 valence electrons. The smallest absolute Gasteiger partial charge is 0.111 e. The van der Waals surface area contributed by atoms with Crippen LogP contribution in [0.1, 0.15) is 37.7 Å². The molecule has 0 aliphatic rings. The van der Waals surface area contributed by atoms with Gasteiger partial charge in [-0.05, 0) is 31.9 Å². The Morgan fingerprint density at radius 1 is 1.41 bits per heavy atom. The van der Waals surface area contributed by atoms with E-state index < -0.39 is 0 Å². The number of para-hydroxylation sites is 1. The SMILES string of the molecule is CCC(C)n1c(CCCl)nc2cccc(C)c21. The minimum Gasteiger partial charge on any atom is -0.325 e. The minimum atomic E-state index is 0.472. The summed E-state index contributed by atoms with van der Waals surface area (Å²) < 4.78 is 2.35. The highest BCUT2D eigenvalue weighted by molar-refractivity contribution is 6.17. The molecule has 0 aliphatic carbocycles. The molecule has 0 fully saturated rings.